The SMILES string of the molecule is C=CC(=C)N(c1ccc(-c2ccccc2)cc1)c1ccc2cc(C(=C)C)ccc2c1. The van der Waals surface area contributed by atoms with Crippen molar-refractivity contribution in [2.75, 3.05) is 4.90 Å². The number of benzene rings is 4. The van der Waals surface area contributed by atoms with Crippen LogP contribution in [0.3, 0.4) is 0 Å². The molecule has 0 saturated heterocycles. The summed E-state index contributed by atoms with van der Waals surface area (Å²) in [6.45, 7) is 14.2. The highest BCUT2D eigenvalue weighted by Crippen LogP contribution is 2.34. The van der Waals surface area contributed by atoms with E-state index in [0.717, 1.165) is 22.6 Å². The van der Waals surface area contributed by atoms with E-state index in [0.29, 0.717) is 0 Å². The van der Waals surface area contributed by atoms with E-state index in [2.05, 4.69) is 110 Å². The Labute approximate surface area is 178 Å². The summed E-state index contributed by atoms with van der Waals surface area (Å²) >= 11 is 0. The molecule has 0 fully saturated rings. The summed E-state index contributed by atoms with van der Waals surface area (Å²) in [5, 5.41) is 2.38. The normalized spacial score (nSPS) is 10.6. The van der Waals surface area contributed by atoms with Crippen LogP contribution in [0.5, 0.6) is 0 Å². The van der Waals surface area contributed by atoms with Gasteiger partial charge in [0, 0.05) is 17.1 Å². The summed E-state index contributed by atoms with van der Waals surface area (Å²) in [6, 6.07) is 31.9. The van der Waals surface area contributed by atoms with Crippen molar-refractivity contribution in [2.24, 2.45) is 0 Å². The Morgan fingerprint density at radius 2 is 1.30 bits per heavy atom. The van der Waals surface area contributed by atoms with Crippen LogP contribution in [0.15, 0.2) is 123 Å². The average molecular weight is 388 g/mol. The molecule has 4 aromatic rings. The van der Waals surface area contributed by atoms with E-state index in [-0.39, 0.29) is 0 Å². The quantitative estimate of drug-likeness (QED) is 0.300. The Bertz CT molecular complexity index is 1230. The molecule has 4 rings (SSSR count). The Hall–Kier alpha value is -3.84. The van der Waals surface area contributed by atoms with Gasteiger partial charge in [0.1, 0.15) is 0 Å². The number of nitrogens with zero attached hydrogens (tertiary/aromatic N) is 1. The Balaban J connectivity index is 1.74. The predicted octanol–water partition coefficient (Wildman–Crippen LogP) is 8.38. The summed E-state index contributed by atoms with van der Waals surface area (Å²) in [6.07, 6.45) is 1.79. The molecule has 0 radical (unpaired) electrons. The van der Waals surface area contributed by atoms with Crippen LogP contribution in [0, 0.1) is 0 Å². The van der Waals surface area contributed by atoms with E-state index in [9.17, 15) is 0 Å². The first kappa shape index (κ1) is 19.5. The molecule has 0 amide bonds. The zero-order valence-corrected chi connectivity index (χ0v) is 17.3. The van der Waals surface area contributed by atoms with Crippen molar-refractivity contribution < 1.29 is 0 Å². The zero-order valence-electron chi connectivity index (χ0n) is 17.3. The smallest absolute Gasteiger partial charge is 0.0467 e. The van der Waals surface area contributed by atoms with Crippen LogP contribution in [-0.4, -0.2) is 0 Å². The molecule has 146 valence electrons. The molecule has 30 heavy (non-hydrogen) atoms. The minimum absolute atomic E-state index is 0.834. The summed E-state index contributed by atoms with van der Waals surface area (Å²) in [4.78, 5) is 2.13. The Kier molecular flexibility index (Phi) is 5.36. The van der Waals surface area contributed by atoms with Gasteiger partial charge in [-0.15, -0.1) is 0 Å². The van der Waals surface area contributed by atoms with Crippen molar-refractivity contribution in [3.63, 3.8) is 0 Å². The average Bonchev–Trinajstić information content (AvgIpc) is 2.79. The highest BCUT2D eigenvalue weighted by molar-refractivity contribution is 5.90. The van der Waals surface area contributed by atoms with Crippen molar-refractivity contribution in [2.45, 2.75) is 6.92 Å². The predicted molar refractivity (Wildman–Crippen MR) is 132 cm³/mol. The maximum Gasteiger partial charge on any atom is 0.0467 e. The summed E-state index contributed by atoms with van der Waals surface area (Å²) in [5.74, 6) is 0. The second-order valence-corrected chi connectivity index (χ2v) is 7.47. The molecule has 0 N–H and O–H groups in total. The van der Waals surface area contributed by atoms with E-state index >= 15 is 0 Å². The van der Waals surface area contributed by atoms with Crippen LogP contribution >= 0.6 is 0 Å². The number of hydrogen-bond donors (Lipinski definition) is 0. The van der Waals surface area contributed by atoms with Gasteiger partial charge in [0.15, 0.2) is 0 Å². The monoisotopic (exact) mass is 387 g/mol. The van der Waals surface area contributed by atoms with Gasteiger partial charge >= 0.3 is 0 Å². The molecule has 0 unspecified atom stereocenters. The third-order valence-electron chi connectivity index (χ3n) is 5.33. The van der Waals surface area contributed by atoms with Gasteiger partial charge in [-0.2, -0.15) is 0 Å². The minimum atomic E-state index is 0.834. The van der Waals surface area contributed by atoms with Crippen LogP contribution in [0.2, 0.25) is 0 Å². The largest absolute Gasteiger partial charge is 0.311 e. The fourth-order valence-corrected chi connectivity index (χ4v) is 3.64. The van der Waals surface area contributed by atoms with E-state index in [1.54, 1.807) is 6.08 Å². The van der Waals surface area contributed by atoms with Gasteiger partial charge in [-0.3, -0.25) is 0 Å². The molecule has 0 aliphatic heterocycles. The second-order valence-electron chi connectivity index (χ2n) is 7.47. The molecular weight excluding hydrogens is 362 g/mol. The first-order chi connectivity index (χ1) is 14.6. The van der Waals surface area contributed by atoms with Crippen molar-refractivity contribution in [1.82, 2.24) is 0 Å². The van der Waals surface area contributed by atoms with Crippen molar-refractivity contribution in [3.8, 4) is 11.1 Å². The lowest BCUT2D eigenvalue weighted by atomic mass is 10.0. The van der Waals surface area contributed by atoms with Crippen LogP contribution < -0.4 is 4.90 Å². The number of rotatable bonds is 6. The van der Waals surface area contributed by atoms with Crippen LogP contribution in [0.1, 0.15) is 12.5 Å². The first-order valence-electron chi connectivity index (χ1n) is 10.0. The number of hydrogen-bond acceptors (Lipinski definition) is 1. The van der Waals surface area contributed by atoms with E-state index in [1.165, 1.54) is 27.5 Å². The summed E-state index contributed by atoms with van der Waals surface area (Å²) < 4.78 is 0. The molecule has 0 heterocycles. The van der Waals surface area contributed by atoms with Gasteiger partial charge in [0.2, 0.25) is 0 Å². The van der Waals surface area contributed by atoms with Gasteiger partial charge in [-0.1, -0.05) is 86.0 Å². The molecule has 0 bridgehead atoms. The molecule has 1 heteroatoms. The van der Waals surface area contributed by atoms with Gasteiger partial charge in [-0.25, -0.2) is 0 Å². The number of anilines is 2. The molecule has 0 aliphatic rings. The van der Waals surface area contributed by atoms with Crippen LogP contribution in [-0.2, 0) is 0 Å². The molecule has 4 aromatic carbocycles. The Morgan fingerprint density at radius 3 is 1.97 bits per heavy atom. The maximum absolute atomic E-state index is 4.22. The highest BCUT2D eigenvalue weighted by atomic mass is 15.1. The topological polar surface area (TPSA) is 3.24 Å². The fourth-order valence-electron chi connectivity index (χ4n) is 3.64. The van der Waals surface area contributed by atoms with Crippen molar-refractivity contribution in [3.05, 3.63) is 128 Å². The highest BCUT2D eigenvalue weighted by Gasteiger charge is 2.12. The number of allylic oxidation sites excluding steroid dienone is 2. The molecule has 0 spiro atoms. The number of fused-ring (bicyclic) bond motifs is 1. The lowest BCUT2D eigenvalue weighted by Crippen LogP contribution is -2.14. The molecule has 0 aliphatic carbocycles. The van der Waals surface area contributed by atoms with Crippen LogP contribution in [0.25, 0.3) is 27.5 Å². The third-order valence-corrected chi connectivity index (χ3v) is 5.33. The first-order valence-corrected chi connectivity index (χ1v) is 10.0. The molecular formula is C29H25N. The Morgan fingerprint density at radius 1 is 0.700 bits per heavy atom. The van der Waals surface area contributed by atoms with E-state index in [1.807, 2.05) is 13.0 Å². The molecule has 0 saturated carbocycles. The summed E-state index contributed by atoms with van der Waals surface area (Å²) in [7, 11) is 0. The van der Waals surface area contributed by atoms with Gasteiger partial charge in [0.25, 0.3) is 0 Å². The van der Waals surface area contributed by atoms with Gasteiger partial charge in [-0.05, 0) is 70.8 Å². The molecule has 0 atom stereocenters. The third kappa shape index (κ3) is 3.83. The zero-order chi connectivity index (χ0) is 21.1. The van der Waals surface area contributed by atoms with Crippen molar-refractivity contribution in [1.29, 1.82) is 0 Å². The fraction of sp³-hybridized carbons (Fsp3) is 0.0345. The van der Waals surface area contributed by atoms with Gasteiger partial charge < -0.3 is 4.90 Å². The molecule has 0 aromatic heterocycles. The minimum Gasteiger partial charge on any atom is -0.311 e. The van der Waals surface area contributed by atoms with E-state index < -0.39 is 0 Å². The lowest BCUT2D eigenvalue weighted by Gasteiger charge is -2.26. The van der Waals surface area contributed by atoms with Gasteiger partial charge in [0.05, 0.1) is 0 Å². The standard InChI is InChI=1S/C29H25N/c1-5-22(4)30(28-16-13-24(14-17-28)23-9-7-6-8-10-23)29-18-15-26-19-25(21(2)3)11-12-27(26)20-29/h5-20H,1-2,4H2,3H3. The molecule has 1 nitrogen and oxygen atoms in total. The van der Waals surface area contributed by atoms with E-state index in [4.69, 9.17) is 0 Å². The van der Waals surface area contributed by atoms with Crippen molar-refractivity contribution >= 4 is 27.7 Å². The second kappa shape index (κ2) is 8.26. The summed E-state index contributed by atoms with van der Waals surface area (Å²) in [5.41, 5.74) is 7.58. The van der Waals surface area contributed by atoms with Crippen LogP contribution in [0.4, 0.5) is 11.4 Å². The maximum atomic E-state index is 4.22. The lowest BCUT2D eigenvalue weighted by molar-refractivity contribution is 1.22.